The van der Waals surface area contributed by atoms with Crippen LogP contribution in [0.4, 0.5) is 0 Å². The maximum Gasteiger partial charge on any atom is 0.309 e. The number of rotatable bonds is 9. The van der Waals surface area contributed by atoms with E-state index in [9.17, 15) is 29.4 Å². The highest BCUT2D eigenvalue weighted by Crippen LogP contribution is 2.32. The zero-order chi connectivity index (χ0) is 20.5. The van der Waals surface area contributed by atoms with E-state index >= 15 is 0 Å². The minimum atomic E-state index is -0.948. The number of hydrogen-bond acceptors (Lipinski definition) is 6. The van der Waals surface area contributed by atoms with Gasteiger partial charge in [0, 0.05) is 0 Å². The zero-order valence-electron chi connectivity index (χ0n) is 16.1. The van der Waals surface area contributed by atoms with Crippen LogP contribution in [0.1, 0.15) is 64.2 Å². The lowest BCUT2D eigenvalue weighted by atomic mass is 9.79. The molecule has 0 saturated heterocycles. The first-order valence-electron chi connectivity index (χ1n) is 10.2. The van der Waals surface area contributed by atoms with E-state index in [1.807, 2.05) is 0 Å². The highest BCUT2D eigenvalue weighted by atomic mass is 16.5. The SMILES string of the molecule is O=C(O)[C@H]1CCCC[C@@H]1C(=O)OCCCCOC(=O)[C@@H]1CCCC[C@@H]1C(=O)O. The average Bonchev–Trinajstić information content (AvgIpc) is 2.70. The van der Waals surface area contributed by atoms with E-state index in [1.165, 1.54) is 0 Å². The smallest absolute Gasteiger partial charge is 0.309 e. The van der Waals surface area contributed by atoms with Crippen molar-refractivity contribution in [1.82, 2.24) is 0 Å². The lowest BCUT2D eigenvalue weighted by Gasteiger charge is -2.27. The molecule has 0 unspecified atom stereocenters. The van der Waals surface area contributed by atoms with E-state index in [0.29, 0.717) is 38.5 Å². The number of carboxylic acid groups (broad SMARTS) is 2. The molecule has 4 atom stereocenters. The molecule has 0 bridgehead atoms. The molecule has 0 aliphatic heterocycles. The third kappa shape index (κ3) is 6.21. The topological polar surface area (TPSA) is 127 Å². The van der Waals surface area contributed by atoms with Crippen molar-refractivity contribution in [2.24, 2.45) is 23.7 Å². The van der Waals surface area contributed by atoms with Gasteiger partial charge in [-0.15, -0.1) is 0 Å². The van der Waals surface area contributed by atoms with Crippen molar-refractivity contribution < 1.29 is 38.9 Å². The fourth-order valence-electron chi connectivity index (χ4n) is 4.18. The lowest BCUT2D eigenvalue weighted by Crippen LogP contribution is -2.34. The Kier molecular flexibility index (Phi) is 8.73. The summed E-state index contributed by atoms with van der Waals surface area (Å²) in [5.74, 6) is -5.32. The van der Waals surface area contributed by atoms with Gasteiger partial charge in [0.2, 0.25) is 0 Å². The molecule has 28 heavy (non-hydrogen) atoms. The van der Waals surface area contributed by atoms with Crippen molar-refractivity contribution in [2.75, 3.05) is 13.2 Å². The molecule has 0 aromatic carbocycles. The van der Waals surface area contributed by atoms with Crippen molar-refractivity contribution in [2.45, 2.75) is 64.2 Å². The van der Waals surface area contributed by atoms with Gasteiger partial charge >= 0.3 is 23.9 Å². The van der Waals surface area contributed by atoms with Gasteiger partial charge in [0.05, 0.1) is 36.9 Å². The second-order valence-electron chi connectivity index (χ2n) is 7.71. The summed E-state index contributed by atoms with van der Waals surface area (Å²) >= 11 is 0. The van der Waals surface area contributed by atoms with Crippen LogP contribution in [0.15, 0.2) is 0 Å². The summed E-state index contributed by atoms with van der Waals surface area (Å²) in [6.45, 7) is 0.306. The maximum atomic E-state index is 12.1. The molecule has 2 N–H and O–H groups in total. The Morgan fingerprint density at radius 3 is 1.25 bits per heavy atom. The van der Waals surface area contributed by atoms with Crippen LogP contribution >= 0.6 is 0 Å². The molecule has 0 radical (unpaired) electrons. The Morgan fingerprint density at radius 1 is 0.607 bits per heavy atom. The van der Waals surface area contributed by atoms with Crippen molar-refractivity contribution in [3.8, 4) is 0 Å². The fourth-order valence-corrected chi connectivity index (χ4v) is 4.18. The number of ether oxygens (including phenoxy) is 2. The minimum Gasteiger partial charge on any atom is -0.481 e. The Balaban J connectivity index is 1.63. The highest BCUT2D eigenvalue weighted by Gasteiger charge is 2.37. The van der Waals surface area contributed by atoms with Crippen molar-refractivity contribution in [1.29, 1.82) is 0 Å². The number of unbranched alkanes of at least 4 members (excludes halogenated alkanes) is 1. The molecule has 0 aromatic rings. The van der Waals surface area contributed by atoms with Crippen LogP contribution in [0.5, 0.6) is 0 Å². The van der Waals surface area contributed by atoms with Gasteiger partial charge in [0.1, 0.15) is 0 Å². The van der Waals surface area contributed by atoms with E-state index in [4.69, 9.17) is 9.47 Å². The van der Waals surface area contributed by atoms with Crippen molar-refractivity contribution >= 4 is 23.9 Å². The van der Waals surface area contributed by atoms with Gasteiger partial charge in [-0.05, 0) is 38.5 Å². The molecule has 2 aliphatic carbocycles. The molecule has 8 nitrogen and oxygen atoms in total. The van der Waals surface area contributed by atoms with Crippen LogP contribution in [0, 0.1) is 23.7 Å². The Morgan fingerprint density at radius 2 is 0.929 bits per heavy atom. The summed E-state index contributed by atoms with van der Waals surface area (Å²) in [6, 6.07) is 0. The third-order valence-corrected chi connectivity index (χ3v) is 5.80. The Bertz CT molecular complexity index is 523. The first-order chi connectivity index (χ1) is 13.4. The van der Waals surface area contributed by atoms with Gasteiger partial charge in [0.15, 0.2) is 0 Å². The van der Waals surface area contributed by atoms with Gasteiger partial charge < -0.3 is 19.7 Å². The van der Waals surface area contributed by atoms with E-state index < -0.39 is 47.5 Å². The van der Waals surface area contributed by atoms with Crippen LogP contribution in [-0.2, 0) is 28.7 Å². The normalized spacial score (nSPS) is 27.6. The Labute approximate surface area is 164 Å². The molecule has 8 heteroatoms. The zero-order valence-corrected chi connectivity index (χ0v) is 16.1. The maximum absolute atomic E-state index is 12.1. The molecule has 0 amide bonds. The number of carbonyl (C=O) groups is 4. The fraction of sp³-hybridized carbons (Fsp3) is 0.800. The van der Waals surface area contributed by atoms with Crippen molar-refractivity contribution in [3.05, 3.63) is 0 Å². The third-order valence-electron chi connectivity index (χ3n) is 5.80. The van der Waals surface area contributed by atoms with E-state index in [0.717, 1.165) is 25.7 Å². The monoisotopic (exact) mass is 398 g/mol. The van der Waals surface area contributed by atoms with Gasteiger partial charge in [-0.3, -0.25) is 19.2 Å². The predicted octanol–water partition coefficient (Wildman–Crippen LogP) is 2.63. The first kappa shape index (κ1) is 22.2. The van der Waals surface area contributed by atoms with E-state index in [2.05, 4.69) is 0 Å². The summed E-state index contributed by atoms with van der Waals surface area (Å²) < 4.78 is 10.4. The summed E-state index contributed by atoms with van der Waals surface area (Å²) in [5.41, 5.74) is 0. The number of esters is 2. The highest BCUT2D eigenvalue weighted by molar-refractivity contribution is 5.82. The molecule has 2 saturated carbocycles. The lowest BCUT2D eigenvalue weighted by molar-refractivity contribution is -0.160. The molecular formula is C20H30O8. The number of aliphatic carboxylic acids is 2. The number of carboxylic acids is 2. The summed E-state index contributed by atoms with van der Waals surface area (Å²) in [4.78, 5) is 46.8. The second kappa shape index (κ2) is 11.0. The van der Waals surface area contributed by atoms with Gasteiger partial charge in [-0.1, -0.05) is 25.7 Å². The van der Waals surface area contributed by atoms with Crippen LogP contribution in [0.25, 0.3) is 0 Å². The van der Waals surface area contributed by atoms with Gasteiger partial charge in [-0.2, -0.15) is 0 Å². The molecule has 2 aliphatic rings. The first-order valence-corrected chi connectivity index (χ1v) is 10.2. The summed E-state index contributed by atoms with van der Waals surface area (Å²) in [6.07, 6.45) is 6.38. The van der Waals surface area contributed by atoms with Gasteiger partial charge in [0.25, 0.3) is 0 Å². The van der Waals surface area contributed by atoms with Crippen molar-refractivity contribution in [3.63, 3.8) is 0 Å². The van der Waals surface area contributed by atoms with Crippen LogP contribution in [0.2, 0.25) is 0 Å². The quantitative estimate of drug-likeness (QED) is 0.448. The average molecular weight is 398 g/mol. The molecule has 158 valence electrons. The van der Waals surface area contributed by atoms with Crippen LogP contribution < -0.4 is 0 Å². The van der Waals surface area contributed by atoms with Gasteiger partial charge in [-0.25, -0.2) is 0 Å². The molecule has 2 rings (SSSR count). The molecule has 0 spiro atoms. The van der Waals surface area contributed by atoms with E-state index in [1.54, 1.807) is 0 Å². The summed E-state index contributed by atoms with van der Waals surface area (Å²) in [7, 11) is 0. The number of carbonyl (C=O) groups excluding carboxylic acids is 2. The van der Waals surface area contributed by atoms with Crippen LogP contribution in [-0.4, -0.2) is 47.3 Å². The molecular weight excluding hydrogens is 368 g/mol. The summed E-state index contributed by atoms with van der Waals surface area (Å²) in [5, 5.41) is 18.4. The Hall–Kier alpha value is -2.12. The van der Waals surface area contributed by atoms with E-state index in [-0.39, 0.29) is 13.2 Å². The molecule has 0 aromatic heterocycles. The predicted molar refractivity (Wildman–Crippen MR) is 97.3 cm³/mol. The standard InChI is InChI=1S/C20H30O8/c21-17(22)13-7-1-3-9-15(13)19(25)27-11-5-6-12-28-20(26)16-10-4-2-8-14(16)18(23)24/h13-16H,1-12H2,(H,21,22)(H,23,24)/t13-,14-,15-,16+/m0/s1. The minimum absolute atomic E-state index is 0.153. The van der Waals surface area contributed by atoms with Crippen LogP contribution in [0.3, 0.4) is 0 Å². The largest absolute Gasteiger partial charge is 0.481 e. The second-order valence-corrected chi connectivity index (χ2v) is 7.71. The molecule has 2 fully saturated rings. The molecule has 0 heterocycles. The number of hydrogen-bond donors (Lipinski definition) is 2.